The van der Waals surface area contributed by atoms with Crippen LogP contribution in [0.5, 0.6) is 0 Å². The summed E-state index contributed by atoms with van der Waals surface area (Å²) in [5.74, 6) is 0. The molecule has 0 saturated carbocycles. The second kappa shape index (κ2) is 4.50. The summed E-state index contributed by atoms with van der Waals surface area (Å²) < 4.78 is 3.11. The van der Waals surface area contributed by atoms with Crippen molar-refractivity contribution < 1.29 is 0 Å². The molecule has 0 aromatic rings. The number of hydrogen-bond donors (Lipinski definition) is 0. The van der Waals surface area contributed by atoms with E-state index in [0.717, 1.165) is 0 Å². The molecule has 56 valence electrons. The van der Waals surface area contributed by atoms with Gasteiger partial charge in [0.1, 0.15) is 0 Å². The van der Waals surface area contributed by atoms with E-state index in [-0.39, 0.29) is 35.6 Å². The molecule has 0 spiro atoms. The average Bonchev–Trinajstić information content (AvgIpc) is 2.74. The number of rotatable bonds is 2. The third-order valence-corrected chi connectivity index (χ3v) is 23.8. The molecule has 0 atom stereocenters. The first-order chi connectivity index (χ1) is 5.95. The molecule has 0 N–H and O–H groups in total. The molecule has 2 aliphatic rings. The summed E-state index contributed by atoms with van der Waals surface area (Å²) in [4.78, 5) is 0. The SMILES string of the molecule is C1=CC=C[C]=1[Bi]=[Bi][C]1=C=CC=C1. The van der Waals surface area contributed by atoms with Crippen LogP contribution in [0.2, 0.25) is 0 Å². The maximum absolute atomic E-state index is 3.31. The fourth-order valence-corrected chi connectivity index (χ4v) is 19.8. The van der Waals surface area contributed by atoms with Crippen molar-refractivity contribution in [2.45, 2.75) is 0 Å². The Hall–Kier alpha value is 0.286. The standard InChI is InChI=1S/2C5H3.2Bi/c2*1-2-4-5-3-1;;/h2*1-3H;;. The van der Waals surface area contributed by atoms with E-state index in [2.05, 4.69) is 35.8 Å². The van der Waals surface area contributed by atoms with Crippen molar-refractivity contribution in [1.29, 1.82) is 0 Å². The Bertz CT molecular complexity index is 367. The van der Waals surface area contributed by atoms with Crippen LogP contribution >= 0.6 is 0 Å². The van der Waals surface area contributed by atoms with E-state index in [4.69, 9.17) is 0 Å². The van der Waals surface area contributed by atoms with Gasteiger partial charge in [0.15, 0.2) is 0 Å². The Labute approximate surface area is 88.9 Å². The molecule has 0 amide bonds. The molecule has 0 bridgehead atoms. The topological polar surface area (TPSA) is 0 Å². The van der Waals surface area contributed by atoms with E-state index >= 15 is 0 Å². The van der Waals surface area contributed by atoms with Crippen LogP contribution in [-0.2, 0) is 0 Å². The van der Waals surface area contributed by atoms with E-state index in [9.17, 15) is 0 Å². The van der Waals surface area contributed by atoms with Crippen molar-refractivity contribution in [2.24, 2.45) is 0 Å². The van der Waals surface area contributed by atoms with E-state index in [1.54, 1.807) is 6.56 Å². The zero-order chi connectivity index (χ0) is 8.23. The molecular formula is C10H6Bi2. The Balaban J connectivity index is 2.13. The Morgan fingerprint density at radius 1 is 0.833 bits per heavy atom. The predicted octanol–water partition coefficient (Wildman–Crippen LogP) is 1.53. The van der Waals surface area contributed by atoms with E-state index in [1.807, 2.05) is 12.2 Å². The molecule has 0 aliphatic heterocycles. The van der Waals surface area contributed by atoms with Crippen LogP contribution in [0.3, 0.4) is 0 Å². The summed E-state index contributed by atoms with van der Waals surface area (Å²) in [5.41, 5.74) is 6.62. The van der Waals surface area contributed by atoms with Crippen LogP contribution in [0.15, 0.2) is 54.5 Å². The van der Waals surface area contributed by atoms with Crippen LogP contribution in [0.4, 0.5) is 0 Å². The second-order valence-electron chi connectivity index (χ2n) is 2.31. The molecular weight excluding hydrogens is 538 g/mol. The van der Waals surface area contributed by atoms with Gasteiger partial charge in [-0.1, -0.05) is 0 Å². The number of allylic oxidation sites excluding steroid dienone is 6. The van der Waals surface area contributed by atoms with E-state index in [1.165, 1.54) is 0 Å². The molecule has 2 heteroatoms. The molecule has 0 saturated heterocycles. The van der Waals surface area contributed by atoms with Gasteiger partial charge in [-0.15, -0.1) is 0 Å². The molecule has 12 heavy (non-hydrogen) atoms. The van der Waals surface area contributed by atoms with E-state index < -0.39 is 0 Å². The van der Waals surface area contributed by atoms with Gasteiger partial charge < -0.3 is 0 Å². The summed E-state index contributed by atoms with van der Waals surface area (Å²) >= 11 is -0.610. The van der Waals surface area contributed by atoms with Crippen molar-refractivity contribution >= 4 is 35.6 Å². The first-order valence-corrected chi connectivity index (χ1v) is 22.3. The molecule has 0 fully saturated rings. The monoisotopic (exact) mass is 544 g/mol. The quantitative estimate of drug-likeness (QED) is 0.366. The Kier molecular flexibility index (Phi) is 3.33. The van der Waals surface area contributed by atoms with Crippen LogP contribution in [0.1, 0.15) is 0 Å². The van der Waals surface area contributed by atoms with Gasteiger partial charge in [0, 0.05) is 0 Å². The normalized spacial score (nSPS) is 18.0. The molecule has 0 aromatic heterocycles. The van der Waals surface area contributed by atoms with Gasteiger partial charge in [0.05, 0.1) is 0 Å². The first-order valence-electron chi connectivity index (χ1n) is 3.64. The zero-order valence-electron chi connectivity index (χ0n) is 6.36. The Morgan fingerprint density at radius 3 is 1.67 bits per heavy atom. The van der Waals surface area contributed by atoms with Gasteiger partial charge in [0.2, 0.25) is 0 Å². The zero-order valence-corrected chi connectivity index (χ0v) is 13.3. The van der Waals surface area contributed by atoms with E-state index in [0.29, 0.717) is 0 Å². The molecule has 0 radical (unpaired) electrons. The van der Waals surface area contributed by atoms with Gasteiger partial charge in [-0.25, -0.2) is 0 Å². The van der Waals surface area contributed by atoms with Crippen LogP contribution < -0.4 is 0 Å². The third-order valence-electron chi connectivity index (χ3n) is 1.43. The van der Waals surface area contributed by atoms with Crippen molar-refractivity contribution in [2.75, 3.05) is 0 Å². The average molecular weight is 544 g/mol. The predicted molar refractivity (Wildman–Crippen MR) is 53.0 cm³/mol. The van der Waals surface area contributed by atoms with Gasteiger partial charge in [0.25, 0.3) is 0 Å². The van der Waals surface area contributed by atoms with Crippen molar-refractivity contribution in [3.8, 4) is 0 Å². The first kappa shape index (κ1) is 8.87. The fourth-order valence-electron chi connectivity index (χ4n) is 0.874. The van der Waals surface area contributed by atoms with Crippen LogP contribution in [-0.4, -0.2) is 35.6 Å². The van der Waals surface area contributed by atoms with Crippen LogP contribution in [0.25, 0.3) is 0 Å². The minimum atomic E-state index is -0.305. The molecule has 0 heterocycles. The van der Waals surface area contributed by atoms with Gasteiger partial charge in [-0.3, -0.25) is 0 Å². The maximum atomic E-state index is 3.31. The molecule has 0 unspecified atom stereocenters. The van der Waals surface area contributed by atoms with Crippen LogP contribution in [0, 0.1) is 0 Å². The van der Waals surface area contributed by atoms with Gasteiger partial charge in [-0.05, 0) is 0 Å². The minimum absolute atomic E-state index is 0.305. The summed E-state index contributed by atoms with van der Waals surface area (Å²) in [5, 5.41) is 0. The molecule has 0 aromatic carbocycles. The molecule has 2 aliphatic carbocycles. The van der Waals surface area contributed by atoms with Crippen molar-refractivity contribution in [3.63, 3.8) is 0 Å². The summed E-state index contributed by atoms with van der Waals surface area (Å²) in [6.07, 6.45) is 12.8. The van der Waals surface area contributed by atoms with Crippen molar-refractivity contribution in [1.82, 2.24) is 0 Å². The number of hydrogen-bond acceptors (Lipinski definition) is 0. The fraction of sp³-hybridized carbons (Fsp3) is 0. The third kappa shape index (κ3) is 2.38. The molecule has 2 rings (SSSR count). The van der Waals surface area contributed by atoms with Crippen molar-refractivity contribution in [3.05, 3.63) is 54.5 Å². The summed E-state index contributed by atoms with van der Waals surface area (Å²) in [7, 11) is 0. The molecule has 0 nitrogen and oxygen atoms in total. The van der Waals surface area contributed by atoms with Gasteiger partial charge >= 0.3 is 90.0 Å². The summed E-state index contributed by atoms with van der Waals surface area (Å²) in [6, 6.07) is 0. The Morgan fingerprint density at radius 2 is 1.33 bits per heavy atom. The second-order valence-corrected chi connectivity index (χ2v) is 21.3. The van der Waals surface area contributed by atoms with Gasteiger partial charge in [-0.2, -0.15) is 0 Å². The summed E-state index contributed by atoms with van der Waals surface area (Å²) in [6.45, 7) is 0.